The molecule has 2 aromatic rings. The molecule has 1 unspecified atom stereocenters. The summed E-state index contributed by atoms with van der Waals surface area (Å²) in [6.07, 6.45) is -2.14. The van der Waals surface area contributed by atoms with Crippen molar-refractivity contribution in [2.45, 2.75) is 38.4 Å². The summed E-state index contributed by atoms with van der Waals surface area (Å²) in [5, 5.41) is 2.81. The van der Waals surface area contributed by atoms with Gasteiger partial charge in [0.2, 0.25) is 5.91 Å². The van der Waals surface area contributed by atoms with Gasteiger partial charge < -0.3 is 11.1 Å². The molecule has 3 N–H and O–H groups in total. The van der Waals surface area contributed by atoms with Crippen LogP contribution in [-0.2, 0) is 17.4 Å². The van der Waals surface area contributed by atoms with Crippen molar-refractivity contribution < 1.29 is 18.0 Å². The molecule has 27 heavy (non-hydrogen) atoms. The highest BCUT2D eigenvalue weighted by Gasteiger charge is 2.29. The van der Waals surface area contributed by atoms with E-state index in [9.17, 15) is 18.0 Å². The maximum atomic E-state index is 12.6. The van der Waals surface area contributed by atoms with Gasteiger partial charge in [0, 0.05) is 6.54 Å². The monoisotopic (exact) mass is 400 g/mol. The second-order valence-corrected chi connectivity index (χ2v) is 6.21. The van der Waals surface area contributed by atoms with Gasteiger partial charge in [-0.15, -0.1) is 12.4 Å². The number of hydrogen-bond donors (Lipinski definition) is 2. The van der Waals surface area contributed by atoms with E-state index in [1.807, 2.05) is 31.2 Å². The fraction of sp³-hybridized carbons (Fsp3) is 0.350. The largest absolute Gasteiger partial charge is 0.416 e. The Morgan fingerprint density at radius 1 is 1.04 bits per heavy atom. The Hall–Kier alpha value is -2.05. The van der Waals surface area contributed by atoms with Crippen molar-refractivity contribution in [1.29, 1.82) is 0 Å². The first kappa shape index (κ1) is 23.0. The first-order valence-corrected chi connectivity index (χ1v) is 8.61. The number of hydrogen-bond acceptors (Lipinski definition) is 2. The fourth-order valence-electron chi connectivity index (χ4n) is 2.62. The number of amides is 1. The van der Waals surface area contributed by atoms with Crippen molar-refractivity contribution >= 4 is 18.3 Å². The minimum Gasteiger partial charge on any atom is -0.354 e. The number of alkyl halides is 3. The second-order valence-electron chi connectivity index (χ2n) is 6.21. The quantitative estimate of drug-likeness (QED) is 0.714. The minimum absolute atomic E-state index is 0. The topological polar surface area (TPSA) is 55.1 Å². The van der Waals surface area contributed by atoms with Crippen LogP contribution in [0.4, 0.5) is 13.2 Å². The van der Waals surface area contributed by atoms with E-state index in [0.29, 0.717) is 19.4 Å². The fourth-order valence-corrected chi connectivity index (χ4v) is 2.62. The van der Waals surface area contributed by atoms with Crippen LogP contribution in [0.25, 0.3) is 11.1 Å². The summed E-state index contributed by atoms with van der Waals surface area (Å²) in [4.78, 5) is 11.7. The van der Waals surface area contributed by atoms with Crippen molar-refractivity contribution in [3.05, 3.63) is 59.7 Å². The zero-order valence-corrected chi connectivity index (χ0v) is 15.9. The minimum atomic E-state index is -4.33. The van der Waals surface area contributed by atoms with Crippen LogP contribution in [-0.4, -0.2) is 18.5 Å². The molecule has 0 aliphatic heterocycles. The molecule has 3 nitrogen and oxygen atoms in total. The van der Waals surface area contributed by atoms with Crippen LogP contribution < -0.4 is 11.1 Å². The molecule has 0 spiro atoms. The van der Waals surface area contributed by atoms with Gasteiger partial charge in [-0.3, -0.25) is 4.79 Å². The Bertz CT molecular complexity index is 716. The maximum Gasteiger partial charge on any atom is 0.416 e. The smallest absolute Gasteiger partial charge is 0.354 e. The highest BCUT2D eigenvalue weighted by molar-refractivity contribution is 5.85. The van der Waals surface area contributed by atoms with Crippen molar-refractivity contribution in [3.8, 4) is 11.1 Å². The molecule has 0 bridgehead atoms. The molecule has 0 aliphatic rings. The van der Waals surface area contributed by atoms with Gasteiger partial charge >= 0.3 is 6.18 Å². The Morgan fingerprint density at radius 3 is 2.04 bits per heavy atom. The zero-order valence-electron chi connectivity index (χ0n) is 15.1. The average molecular weight is 401 g/mol. The summed E-state index contributed by atoms with van der Waals surface area (Å²) < 4.78 is 37.8. The molecule has 148 valence electrons. The third-order valence-corrected chi connectivity index (χ3v) is 4.15. The third kappa shape index (κ3) is 6.88. The highest BCUT2D eigenvalue weighted by Crippen LogP contribution is 2.31. The normalized spacial score (nSPS) is 12.2. The lowest BCUT2D eigenvalue weighted by molar-refractivity contribution is -0.137. The second kappa shape index (κ2) is 10.3. The summed E-state index contributed by atoms with van der Waals surface area (Å²) in [5.41, 5.74) is 7.69. The molecule has 0 fully saturated rings. The number of carbonyl (C=O) groups is 1. The molecule has 2 rings (SSSR count). The molecular weight excluding hydrogens is 377 g/mol. The molecule has 0 aromatic heterocycles. The lowest BCUT2D eigenvalue weighted by Crippen LogP contribution is -2.41. The lowest BCUT2D eigenvalue weighted by atomic mass is 10.0. The summed E-state index contributed by atoms with van der Waals surface area (Å²) in [6.45, 7) is 2.47. The third-order valence-electron chi connectivity index (χ3n) is 4.15. The van der Waals surface area contributed by atoms with E-state index in [4.69, 9.17) is 5.73 Å². The van der Waals surface area contributed by atoms with E-state index in [0.717, 1.165) is 35.2 Å². The number of rotatable bonds is 7. The van der Waals surface area contributed by atoms with E-state index >= 15 is 0 Å². The Morgan fingerprint density at radius 2 is 1.56 bits per heavy atom. The van der Waals surface area contributed by atoms with Crippen LogP contribution in [0, 0.1) is 0 Å². The molecule has 0 radical (unpaired) electrons. The van der Waals surface area contributed by atoms with E-state index < -0.39 is 17.8 Å². The summed E-state index contributed by atoms with van der Waals surface area (Å²) >= 11 is 0. The molecule has 7 heteroatoms. The van der Waals surface area contributed by atoms with Crippen LogP contribution in [0.1, 0.15) is 30.9 Å². The Kier molecular flexibility index (Phi) is 8.79. The predicted molar refractivity (Wildman–Crippen MR) is 104 cm³/mol. The van der Waals surface area contributed by atoms with Crippen LogP contribution in [0.5, 0.6) is 0 Å². The van der Waals surface area contributed by atoms with Crippen molar-refractivity contribution in [3.63, 3.8) is 0 Å². The standard InChI is InChI=1S/C20H23F3N2O.ClH/c1-2-3-18(24)19(26)25-13-12-14-4-6-15(7-5-14)16-8-10-17(11-9-16)20(21,22)23;/h4-11,18H,2-3,12-13,24H2,1H3,(H,25,26);1H. The van der Waals surface area contributed by atoms with E-state index in [-0.39, 0.29) is 18.3 Å². The van der Waals surface area contributed by atoms with Crippen molar-refractivity contribution in [1.82, 2.24) is 5.32 Å². The molecular formula is C20H24ClF3N2O. The maximum absolute atomic E-state index is 12.6. The van der Waals surface area contributed by atoms with Crippen LogP contribution in [0.2, 0.25) is 0 Å². The van der Waals surface area contributed by atoms with Gasteiger partial charge in [0.1, 0.15) is 0 Å². The number of nitrogens with one attached hydrogen (secondary N) is 1. The van der Waals surface area contributed by atoms with Gasteiger partial charge in [-0.05, 0) is 41.7 Å². The number of nitrogens with two attached hydrogens (primary N) is 1. The molecule has 0 heterocycles. The molecule has 1 atom stereocenters. The Balaban J connectivity index is 0.00000364. The summed E-state index contributed by atoms with van der Waals surface area (Å²) in [5.74, 6) is -0.145. The predicted octanol–water partition coefficient (Wildman–Crippen LogP) is 4.58. The molecule has 0 saturated carbocycles. The van der Waals surface area contributed by atoms with Crippen LogP contribution >= 0.6 is 12.4 Å². The van der Waals surface area contributed by atoms with Gasteiger partial charge in [0.15, 0.2) is 0 Å². The first-order chi connectivity index (χ1) is 12.3. The van der Waals surface area contributed by atoms with E-state index in [1.54, 1.807) is 0 Å². The molecule has 0 aliphatic carbocycles. The summed E-state index contributed by atoms with van der Waals surface area (Å²) in [7, 11) is 0. The number of halogens is 4. The van der Waals surface area contributed by atoms with Gasteiger partial charge in [-0.1, -0.05) is 49.7 Å². The SMILES string of the molecule is CCCC(N)C(=O)NCCc1ccc(-c2ccc(C(F)(F)F)cc2)cc1.Cl. The average Bonchev–Trinajstić information content (AvgIpc) is 2.62. The van der Waals surface area contributed by atoms with Gasteiger partial charge in [0.25, 0.3) is 0 Å². The van der Waals surface area contributed by atoms with Crippen molar-refractivity contribution in [2.75, 3.05) is 6.54 Å². The molecule has 0 saturated heterocycles. The van der Waals surface area contributed by atoms with Crippen LogP contribution in [0.3, 0.4) is 0 Å². The van der Waals surface area contributed by atoms with Gasteiger partial charge in [0.05, 0.1) is 11.6 Å². The van der Waals surface area contributed by atoms with Crippen molar-refractivity contribution in [2.24, 2.45) is 5.73 Å². The van der Waals surface area contributed by atoms with Crippen LogP contribution in [0.15, 0.2) is 48.5 Å². The van der Waals surface area contributed by atoms with E-state index in [1.165, 1.54) is 12.1 Å². The lowest BCUT2D eigenvalue weighted by Gasteiger charge is -2.11. The first-order valence-electron chi connectivity index (χ1n) is 8.61. The summed E-state index contributed by atoms with van der Waals surface area (Å²) in [6, 6.07) is 12.2. The van der Waals surface area contributed by atoms with Gasteiger partial charge in [-0.25, -0.2) is 0 Å². The number of benzene rings is 2. The number of carbonyl (C=O) groups excluding carboxylic acids is 1. The molecule has 2 aromatic carbocycles. The van der Waals surface area contributed by atoms with Gasteiger partial charge in [-0.2, -0.15) is 13.2 Å². The Labute approximate surface area is 163 Å². The highest BCUT2D eigenvalue weighted by atomic mass is 35.5. The molecule has 1 amide bonds. The van der Waals surface area contributed by atoms with E-state index in [2.05, 4.69) is 5.32 Å². The zero-order chi connectivity index (χ0) is 19.2.